The van der Waals surface area contributed by atoms with E-state index in [2.05, 4.69) is 36.3 Å². The van der Waals surface area contributed by atoms with Gasteiger partial charge in [-0.3, -0.25) is 0 Å². The van der Waals surface area contributed by atoms with Crippen molar-refractivity contribution in [1.29, 1.82) is 0 Å². The number of aryl methyl sites for hydroxylation is 1. The lowest BCUT2D eigenvalue weighted by atomic mass is 9.67. The van der Waals surface area contributed by atoms with Crippen LogP contribution in [0.1, 0.15) is 50.4 Å². The van der Waals surface area contributed by atoms with Crippen molar-refractivity contribution in [1.82, 2.24) is 24.8 Å². The van der Waals surface area contributed by atoms with Crippen molar-refractivity contribution in [3.63, 3.8) is 0 Å². The molecule has 4 atom stereocenters. The molecule has 2 amide bonds. The van der Waals surface area contributed by atoms with Crippen LogP contribution in [0.3, 0.4) is 0 Å². The maximum atomic E-state index is 12.9. The van der Waals surface area contributed by atoms with E-state index in [9.17, 15) is 4.79 Å². The van der Waals surface area contributed by atoms with E-state index in [0.717, 1.165) is 61.8 Å². The number of carbonyl (C=O) groups excluding carboxylic acids is 1. The summed E-state index contributed by atoms with van der Waals surface area (Å²) in [5, 5.41) is 8.19. The van der Waals surface area contributed by atoms with Gasteiger partial charge in [-0.1, -0.05) is 6.92 Å². The zero-order chi connectivity index (χ0) is 21.0. The smallest absolute Gasteiger partial charge is 0.318 e. The minimum Gasteiger partial charge on any atom is -0.370 e. The largest absolute Gasteiger partial charge is 0.370 e. The molecule has 2 aromatic heterocycles. The number of nitrogens with zero attached hydrogens (tertiary/aromatic N) is 5. The molecule has 6 heterocycles. The summed E-state index contributed by atoms with van der Waals surface area (Å²) in [6.45, 7) is 8.09. The predicted molar refractivity (Wildman–Crippen MR) is 115 cm³/mol. The molecular weight excluding hydrogens is 392 g/mol. The number of amides is 2. The Balaban J connectivity index is 1.24. The molecule has 4 saturated heterocycles. The van der Waals surface area contributed by atoms with Gasteiger partial charge in [-0.2, -0.15) is 0 Å². The standard InChI is InChI=1S/C23H30N6O2/c1-14-4-7-27(10-14)17-8-15(2)19-24-20(26-29(19)11-17)23-9-16(12-31-23)18(23)28-13-22(5-3-6-22)25-21(28)30/h8,11,14,16,18H,3-7,9-10,12-13H2,1-2H3,(H,25,30). The summed E-state index contributed by atoms with van der Waals surface area (Å²) in [4.78, 5) is 22.3. The molecule has 2 aromatic rings. The SMILES string of the molecule is Cc1cc(N2CCC(C)C2)cn2nc(C34CC(CO3)C4N3CC4(CCC4)NC3=O)nc12. The van der Waals surface area contributed by atoms with E-state index in [1.807, 2.05) is 9.42 Å². The number of rotatable bonds is 3. The van der Waals surface area contributed by atoms with Gasteiger partial charge in [-0.05, 0) is 56.6 Å². The molecule has 2 aliphatic carbocycles. The average Bonchev–Trinajstić information content (AvgIpc) is 3.47. The van der Waals surface area contributed by atoms with Gasteiger partial charge in [0.25, 0.3) is 0 Å². The Hall–Kier alpha value is -2.35. The lowest BCUT2D eigenvalue weighted by molar-refractivity contribution is -0.0754. The second-order valence-corrected chi connectivity index (χ2v) is 10.7. The first-order valence-electron chi connectivity index (χ1n) is 11.8. The molecule has 2 bridgehead atoms. The van der Waals surface area contributed by atoms with Crippen molar-refractivity contribution in [2.24, 2.45) is 11.8 Å². The third-order valence-corrected chi connectivity index (χ3v) is 8.57. The number of nitrogens with one attached hydrogen (secondary N) is 1. The molecule has 164 valence electrons. The minimum absolute atomic E-state index is 0.00198. The van der Waals surface area contributed by atoms with Crippen LogP contribution in [0.15, 0.2) is 12.3 Å². The highest BCUT2D eigenvalue weighted by molar-refractivity contribution is 5.79. The van der Waals surface area contributed by atoms with E-state index in [1.165, 1.54) is 18.5 Å². The van der Waals surface area contributed by atoms with E-state index < -0.39 is 5.60 Å². The maximum absolute atomic E-state index is 12.9. The van der Waals surface area contributed by atoms with Crippen LogP contribution < -0.4 is 10.2 Å². The number of urea groups is 1. The van der Waals surface area contributed by atoms with Crippen LogP contribution in [-0.4, -0.2) is 63.4 Å². The number of carbonyl (C=O) groups is 1. The number of anilines is 1. The Labute approximate surface area is 181 Å². The summed E-state index contributed by atoms with van der Waals surface area (Å²) in [5.74, 6) is 1.85. The first-order valence-corrected chi connectivity index (χ1v) is 11.8. The summed E-state index contributed by atoms with van der Waals surface area (Å²) in [7, 11) is 0. The van der Waals surface area contributed by atoms with Gasteiger partial charge in [0.15, 0.2) is 17.1 Å². The number of ether oxygens (including phenoxy) is 1. The quantitative estimate of drug-likeness (QED) is 0.822. The Morgan fingerprint density at radius 2 is 2.19 bits per heavy atom. The fraction of sp³-hybridized carbons (Fsp3) is 0.696. The van der Waals surface area contributed by atoms with E-state index in [1.54, 1.807) is 0 Å². The van der Waals surface area contributed by atoms with Crippen molar-refractivity contribution in [3.8, 4) is 0 Å². The topological polar surface area (TPSA) is 75.0 Å². The van der Waals surface area contributed by atoms with E-state index in [4.69, 9.17) is 14.8 Å². The molecule has 8 heteroatoms. The molecular formula is C23H30N6O2. The molecule has 4 aliphatic heterocycles. The van der Waals surface area contributed by atoms with Crippen molar-refractivity contribution in [2.45, 2.75) is 63.1 Å². The monoisotopic (exact) mass is 422 g/mol. The number of hydrogen-bond donors (Lipinski definition) is 1. The fourth-order valence-corrected chi connectivity index (χ4v) is 6.69. The van der Waals surface area contributed by atoms with E-state index in [0.29, 0.717) is 12.5 Å². The highest BCUT2D eigenvalue weighted by Gasteiger charge is 2.68. The van der Waals surface area contributed by atoms with Crippen molar-refractivity contribution >= 4 is 17.4 Å². The van der Waals surface area contributed by atoms with Gasteiger partial charge in [-0.25, -0.2) is 14.3 Å². The normalized spacial score (nSPS) is 35.7. The summed E-state index contributed by atoms with van der Waals surface area (Å²) < 4.78 is 8.27. The summed E-state index contributed by atoms with van der Waals surface area (Å²) in [5.41, 5.74) is 2.67. The van der Waals surface area contributed by atoms with Gasteiger partial charge in [0.05, 0.1) is 30.1 Å². The first kappa shape index (κ1) is 18.2. The molecule has 31 heavy (non-hydrogen) atoms. The summed E-state index contributed by atoms with van der Waals surface area (Å²) >= 11 is 0. The molecule has 6 aliphatic rings. The number of hydrogen-bond acceptors (Lipinski definition) is 5. The number of fused-ring (bicyclic) bond motifs is 2. The van der Waals surface area contributed by atoms with Crippen LogP contribution in [-0.2, 0) is 10.3 Å². The second kappa shape index (κ2) is 5.91. The maximum Gasteiger partial charge on any atom is 0.318 e. The Morgan fingerprint density at radius 3 is 2.87 bits per heavy atom. The van der Waals surface area contributed by atoms with E-state index >= 15 is 0 Å². The highest BCUT2D eigenvalue weighted by Crippen LogP contribution is 2.58. The fourth-order valence-electron chi connectivity index (χ4n) is 6.69. The van der Waals surface area contributed by atoms with Crippen LogP contribution in [0.25, 0.3) is 5.65 Å². The van der Waals surface area contributed by atoms with Gasteiger partial charge in [0.2, 0.25) is 0 Å². The first-order chi connectivity index (χ1) is 15.0. The summed E-state index contributed by atoms with van der Waals surface area (Å²) in [6, 6.07) is 2.34. The molecule has 1 N–H and O–H groups in total. The average molecular weight is 423 g/mol. The van der Waals surface area contributed by atoms with Crippen LogP contribution in [0.4, 0.5) is 10.5 Å². The van der Waals surface area contributed by atoms with Crippen molar-refractivity contribution in [3.05, 3.63) is 23.7 Å². The molecule has 2 saturated carbocycles. The Bertz CT molecular complexity index is 1090. The van der Waals surface area contributed by atoms with Crippen LogP contribution in [0.5, 0.6) is 0 Å². The van der Waals surface area contributed by atoms with Crippen LogP contribution >= 0.6 is 0 Å². The van der Waals surface area contributed by atoms with Gasteiger partial charge >= 0.3 is 6.03 Å². The van der Waals surface area contributed by atoms with Gasteiger partial charge in [0.1, 0.15) is 0 Å². The minimum atomic E-state index is -0.557. The van der Waals surface area contributed by atoms with Crippen molar-refractivity contribution in [2.75, 3.05) is 31.1 Å². The third-order valence-electron chi connectivity index (χ3n) is 8.57. The lowest BCUT2D eigenvalue weighted by Crippen LogP contribution is -2.60. The molecule has 0 aromatic carbocycles. The third kappa shape index (κ3) is 2.37. The molecule has 0 radical (unpaired) electrons. The molecule has 1 spiro atoms. The molecule has 6 fully saturated rings. The number of pyridine rings is 1. The summed E-state index contributed by atoms with van der Waals surface area (Å²) in [6.07, 6.45) is 7.63. The Kier molecular flexibility index (Phi) is 3.48. The lowest BCUT2D eigenvalue weighted by Gasteiger charge is -2.48. The second-order valence-electron chi connectivity index (χ2n) is 10.7. The Morgan fingerprint density at radius 1 is 1.32 bits per heavy atom. The zero-order valence-corrected chi connectivity index (χ0v) is 18.3. The van der Waals surface area contributed by atoms with Crippen LogP contribution in [0, 0.1) is 18.8 Å². The highest BCUT2D eigenvalue weighted by atomic mass is 16.5. The van der Waals surface area contributed by atoms with Gasteiger partial charge < -0.3 is 19.9 Å². The van der Waals surface area contributed by atoms with Crippen LogP contribution in [0.2, 0.25) is 0 Å². The van der Waals surface area contributed by atoms with E-state index in [-0.39, 0.29) is 17.6 Å². The molecule has 8 nitrogen and oxygen atoms in total. The predicted octanol–water partition coefficient (Wildman–Crippen LogP) is 2.45. The molecule has 8 rings (SSSR count). The van der Waals surface area contributed by atoms with Crippen molar-refractivity contribution < 1.29 is 9.53 Å². The zero-order valence-electron chi connectivity index (χ0n) is 18.3. The number of aromatic nitrogens is 3. The van der Waals surface area contributed by atoms with Gasteiger partial charge in [0, 0.05) is 25.6 Å². The van der Waals surface area contributed by atoms with Gasteiger partial charge in [-0.15, -0.1) is 5.10 Å². The molecule has 4 unspecified atom stereocenters.